The van der Waals surface area contributed by atoms with Gasteiger partial charge in [0.15, 0.2) is 12.7 Å². The monoisotopic (exact) mass is 501 g/mol. The third kappa shape index (κ3) is 5.14. The SMILES string of the molecule is [O-]/C(=N\C(=C\c1ccc(F)cc1)[P+](c1ccccc1)(c1ccccc1)c1ccccc1)c1ccccc1. The van der Waals surface area contributed by atoms with Gasteiger partial charge in [0, 0.05) is 6.08 Å². The van der Waals surface area contributed by atoms with Crippen LogP contribution in [0.3, 0.4) is 0 Å². The predicted octanol–water partition coefficient (Wildman–Crippen LogP) is 5.93. The molecule has 0 aliphatic rings. The smallest absolute Gasteiger partial charge is 0.198 e. The van der Waals surface area contributed by atoms with Crippen molar-refractivity contribution in [2.45, 2.75) is 0 Å². The highest BCUT2D eigenvalue weighted by Gasteiger charge is 2.50. The molecule has 0 fully saturated rings. The van der Waals surface area contributed by atoms with Crippen molar-refractivity contribution in [3.63, 3.8) is 0 Å². The zero-order valence-corrected chi connectivity index (χ0v) is 21.0. The van der Waals surface area contributed by atoms with E-state index in [1.165, 1.54) is 12.1 Å². The lowest BCUT2D eigenvalue weighted by atomic mass is 10.2. The Labute approximate surface area is 217 Å². The van der Waals surface area contributed by atoms with Crippen LogP contribution in [0.25, 0.3) is 6.08 Å². The summed E-state index contributed by atoms with van der Waals surface area (Å²) in [7, 11) is -2.64. The molecule has 0 amide bonds. The number of halogens is 1. The third-order valence-electron chi connectivity index (χ3n) is 6.18. The highest BCUT2D eigenvalue weighted by atomic mass is 31.2. The van der Waals surface area contributed by atoms with E-state index in [2.05, 4.69) is 36.4 Å². The van der Waals surface area contributed by atoms with E-state index >= 15 is 0 Å². The highest BCUT2D eigenvalue weighted by molar-refractivity contribution is 7.99. The molecule has 0 N–H and O–H groups in total. The van der Waals surface area contributed by atoms with Crippen LogP contribution in [-0.4, -0.2) is 5.90 Å². The standard InChI is InChI=1S/C33H25FNOP/c34-28-23-21-26(22-24-28)25-32(35-33(36)27-13-5-1-6-14-27)37(29-15-7-2-8-16-29,30-17-9-3-10-18-30)31-19-11-4-12-20-31/h1-25H/b32-25-. The Morgan fingerprint density at radius 2 is 0.973 bits per heavy atom. The van der Waals surface area contributed by atoms with E-state index in [0.717, 1.165) is 21.5 Å². The first-order valence-electron chi connectivity index (χ1n) is 12.0. The first-order chi connectivity index (χ1) is 18.2. The molecule has 0 unspecified atom stereocenters. The molecule has 5 rings (SSSR count). The van der Waals surface area contributed by atoms with Gasteiger partial charge in [0.05, 0.1) is 0 Å². The molecule has 180 valence electrons. The first kappa shape index (κ1) is 24.4. The quantitative estimate of drug-likeness (QED) is 0.155. The zero-order valence-electron chi connectivity index (χ0n) is 20.1. The lowest BCUT2D eigenvalue weighted by Crippen LogP contribution is -2.33. The molecule has 5 aromatic carbocycles. The minimum atomic E-state index is -2.64. The first-order valence-corrected chi connectivity index (χ1v) is 13.8. The van der Waals surface area contributed by atoms with Gasteiger partial charge in [-0.15, -0.1) is 0 Å². The maximum Gasteiger partial charge on any atom is 0.198 e. The van der Waals surface area contributed by atoms with Crippen molar-refractivity contribution in [3.8, 4) is 0 Å². The summed E-state index contributed by atoms with van der Waals surface area (Å²) in [5.41, 5.74) is 1.93. The molecule has 2 nitrogen and oxygen atoms in total. The number of hydrogen-bond acceptors (Lipinski definition) is 2. The summed E-state index contributed by atoms with van der Waals surface area (Å²) in [4.78, 5) is 4.84. The summed E-state index contributed by atoms with van der Waals surface area (Å²) in [5.74, 6) is -0.632. The number of rotatable bonds is 7. The summed E-state index contributed by atoms with van der Waals surface area (Å²) in [6.45, 7) is 0. The van der Waals surface area contributed by atoms with Crippen LogP contribution in [0.15, 0.2) is 156 Å². The van der Waals surface area contributed by atoms with Crippen LogP contribution < -0.4 is 21.0 Å². The number of hydrogen-bond donors (Lipinski definition) is 0. The van der Waals surface area contributed by atoms with Crippen LogP contribution in [0.4, 0.5) is 4.39 Å². The van der Waals surface area contributed by atoms with Gasteiger partial charge < -0.3 is 5.11 Å². The van der Waals surface area contributed by atoms with E-state index in [-0.39, 0.29) is 11.7 Å². The minimum Gasteiger partial charge on any atom is -0.858 e. The molecule has 0 aromatic heterocycles. The second-order valence-corrected chi connectivity index (χ2v) is 11.9. The van der Waals surface area contributed by atoms with E-state index in [9.17, 15) is 9.50 Å². The number of aliphatic imine (C=N–C) groups is 1. The largest absolute Gasteiger partial charge is 0.858 e. The molecular weight excluding hydrogens is 476 g/mol. The van der Waals surface area contributed by atoms with Crippen LogP contribution in [0.1, 0.15) is 11.1 Å². The lowest BCUT2D eigenvalue weighted by Gasteiger charge is -2.28. The minimum absolute atomic E-state index is 0.314. The van der Waals surface area contributed by atoms with Gasteiger partial charge in [-0.05, 0) is 65.6 Å². The molecule has 0 radical (unpaired) electrons. The molecule has 5 aromatic rings. The molecular formula is C33H25FNOP. The van der Waals surface area contributed by atoms with E-state index in [0.29, 0.717) is 11.0 Å². The van der Waals surface area contributed by atoms with E-state index < -0.39 is 7.26 Å². The van der Waals surface area contributed by atoms with Gasteiger partial charge in [0.1, 0.15) is 21.7 Å². The molecule has 0 heterocycles. The summed E-state index contributed by atoms with van der Waals surface area (Å²) in [6.07, 6.45) is 1.93. The van der Waals surface area contributed by atoms with Crippen molar-refractivity contribution in [1.29, 1.82) is 0 Å². The Bertz CT molecular complexity index is 1400. The predicted molar refractivity (Wildman–Crippen MR) is 153 cm³/mol. The molecule has 0 saturated carbocycles. The molecule has 0 aliphatic heterocycles. The zero-order chi connectivity index (χ0) is 25.5. The van der Waals surface area contributed by atoms with Gasteiger partial charge in [-0.25, -0.2) is 9.38 Å². The lowest BCUT2D eigenvalue weighted by molar-refractivity contribution is -0.212. The molecule has 0 bridgehead atoms. The Morgan fingerprint density at radius 1 is 0.568 bits per heavy atom. The Balaban J connectivity index is 1.89. The van der Waals surface area contributed by atoms with E-state index in [1.54, 1.807) is 24.3 Å². The van der Waals surface area contributed by atoms with Crippen molar-refractivity contribution in [2.75, 3.05) is 0 Å². The van der Waals surface area contributed by atoms with Gasteiger partial charge in [-0.2, -0.15) is 0 Å². The van der Waals surface area contributed by atoms with E-state index in [1.807, 2.05) is 78.9 Å². The van der Waals surface area contributed by atoms with Gasteiger partial charge in [0.25, 0.3) is 0 Å². The van der Waals surface area contributed by atoms with Crippen molar-refractivity contribution < 1.29 is 9.50 Å². The number of nitrogens with zero attached hydrogens (tertiary/aromatic N) is 1. The highest BCUT2D eigenvalue weighted by Crippen LogP contribution is 2.63. The average Bonchev–Trinajstić information content (AvgIpc) is 2.97. The van der Waals surface area contributed by atoms with Gasteiger partial charge >= 0.3 is 0 Å². The van der Waals surface area contributed by atoms with Crippen LogP contribution >= 0.6 is 7.26 Å². The Morgan fingerprint density at radius 3 is 1.41 bits per heavy atom. The number of benzene rings is 5. The second-order valence-electron chi connectivity index (χ2n) is 8.51. The molecule has 0 saturated heterocycles. The maximum atomic E-state index is 13.8. The fourth-order valence-electron chi connectivity index (χ4n) is 4.46. The Hall–Kier alpha value is -4.33. The third-order valence-corrected chi connectivity index (χ3v) is 10.3. The fraction of sp³-hybridized carbons (Fsp3) is 0. The summed E-state index contributed by atoms with van der Waals surface area (Å²) < 4.78 is 13.8. The Kier molecular flexibility index (Phi) is 7.35. The normalized spacial score (nSPS) is 12.4. The van der Waals surface area contributed by atoms with Crippen LogP contribution in [-0.2, 0) is 0 Å². The second kappa shape index (κ2) is 11.2. The van der Waals surface area contributed by atoms with Crippen molar-refractivity contribution >= 4 is 35.1 Å². The van der Waals surface area contributed by atoms with Gasteiger partial charge in [-0.1, -0.05) is 97.1 Å². The molecule has 4 heteroatoms. The topological polar surface area (TPSA) is 35.4 Å². The van der Waals surface area contributed by atoms with Crippen molar-refractivity contribution in [1.82, 2.24) is 0 Å². The van der Waals surface area contributed by atoms with Crippen LogP contribution in [0, 0.1) is 5.82 Å². The summed E-state index contributed by atoms with van der Waals surface area (Å²) in [6, 6.07) is 46.1. The molecule has 0 atom stereocenters. The van der Waals surface area contributed by atoms with Crippen molar-refractivity contribution in [2.24, 2.45) is 4.99 Å². The average molecular weight is 502 g/mol. The molecule has 0 aliphatic carbocycles. The van der Waals surface area contributed by atoms with Crippen LogP contribution in [0.2, 0.25) is 0 Å². The van der Waals surface area contributed by atoms with Gasteiger partial charge in [0.2, 0.25) is 0 Å². The van der Waals surface area contributed by atoms with E-state index in [4.69, 9.17) is 4.99 Å². The van der Waals surface area contributed by atoms with Crippen LogP contribution in [0.5, 0.6) is 0 Å². The van der Waals surface area contributed by atoms with Gasteiger partial charge in [-0.3, -0.25) is 0 Å². The van der Waals surface area contributed by atoms with Crippen molar-refractivity contribution in [3.05, 3.63) is 168 Å². The fourth-order valence-corrected chi connectivity index (χ4v) is 8.59. The molecule has 0 spiro atoms. The summed E-state index contributed by atoms with van der Waals surface area (Å²) >= 11 is 0. The summed E-state index contributed by atoms with van der Waals surface area (Å²) in [5, 5.41) is 16.8. The molecule has 37 heavy (non-hydrogen) atoms. The maximum absolute atomic E-state index is 13.8.